The fraction of sp³-hybridized carbons (Fsp3) is 0.697. The van der Waals surface area contributed by atoms with Gasteiger partial charge in [0.2, 0.25) is 0 Å². The van der Waals surface area contributed by atoms with Gasteiger partial charge in [-0.15, -0.1) is 0 Å². The highest BCUT2D eigenvalue weighted by Crippen LogP contribution is 2.48. The second-order valence-corrected chi connectivity index (χ2v) is 19.3. The number of aliphatic hydroxyl groups excluding tert-OH is 1. The summed E-state index contributed by atoms with van der Waals surface area (Å²) in [6, 6.07) is 10.3. The molecule has 1 fully saturated rings. The lowest BCUT2D eigenvalue weighted by Gasteiger charge is -2.47. The van der Waals surface area contributed by atoms with Crippen LogP contribution in [-0.4, -0.2) is 48.7 Å². The molecule has 218 valence electrons. The molecule has 0 radical (unpaired) electrons. The van der Waals surface area contributed by atoms with Crippen molar-refractivity contribution in [1.29, 1.82) is 0 Å². The van der Waals surface area contributed by atoms with Crippen LogP contribution < -0.4 is 0 Å². The molecule has 3 rings (SSSR count). The quantitative estimate of drug-likeness (QED) is 0.296. The molecule has 0 saturated heterocycles. The molecule has 2 aliphatic rings. The fourth-order valence-electron chi connectivity index (χ4n) is 8.13. The van der Waals surface area contributed by atoms with Gasteiger partial charge in [0, 0.05) is 31.2 Å². The summed E-state index contributed by atoms with van der Waals surface area (Å²) in [6.07, 6.45) is 6.94. The van der Waals surface area contributed by atoms with E-state index in [0.717, 1.165) is 30.9 Å². The number of amides is 1. The minimum atomic E-state index is -2.27. The average Bonchev–Trinajstić information content (AvgIpc) is 2.88. The second-order valence-electron chi connectivity index (χ2n) is 13.4. The Balaban J connectivity index is 1.99. The lowest BCUT2D eigenvalue weighted by molar-refractivity contribution is -0.116. The Hall–Kier alpha value is -1.92. The van der Waals surface area contributed by atoms with E-state index >= 15 is 0 Å². The number of nitrogens with zero attached hydrogens (tertiary/aromatic N) is 1. The van der Waals surface area contributed by atoms with Crippen molar-refractivity contribution in [2.75, 3.05) is 6.61 Å². The van der Waals surface area contributed by atoms with Crippen molar-refractivity contribution in [3.63, 3.8) is 0 Å². The van der Waals surface area contributed by atoms with Crippen molar-refractivity contribution in [1.82, 2.24) is 4.90 Å². The first kappa shape index (κ1) is 31.6. The molecule has 0 spiro atoms. The van der Waals surface area contributed by atoms with Gasteiger partial charge in [-0.1, -0.05) is 92.1 Å². The lowest BCUT2D eigenvalue weighted by atomic mass is 9.66. The number of rotatable bonds is 10. The topological polar surface area (TPSA) is 66.8 Å². The van der Waals surface area contributed by atoms with Crippen molar-refractivity contribution < 1.29 is 19.4 Å². The number of hydrogen-bond acceptors (Lipinski definition) is 4. The van der Waals surface area contributed by atoms with Gasteiger partial charge in [-0.3, -0.25) is 9.69 Å². The summed E-state index contributed by atoms with van der Waals surface area (Å²) in [7, 11) is -2.27. The largest absolute Gasteiger partial charge is 0.446 e. The summed E-state index contributed by atoms with van der Waals surface area (Å²) < 4.78 is 6.42. The van der Waals surface area contributed by atoms with Crippen LogP contribution in [-0.2, 0) is 14.9 Å². The van der Waals surface area contributed by atoms with Crippen LogP contribution in [0.1, 0.15) is 106 Å². The van der Waals surface area contributed by atoms with E-state index < -0.39 is 8.07 Å². The third kappa shape index (κ3) is 6.37. The van der Waals surface area contributed by atoms with Crippen molar-refractivity contribution >= 4 is 20.0 Å². The molecule has 1 N–H and O–H groups in total. The van der Waals surface area contributed by atoms with Gasteiger partial charge >= 0.3 is 6.09 Å². The molecule has 1 aromatic carbocycles. The molecule has 0 unspecified atom stereocenters. The first-order valence-electron chi connectivity index (χ1n) is 15.3. The maximum Gasteiger partial charge on any atom is 0.414 e. The van der Waals surface area contributed by atoms with Gasteiger partial charge in [-0.25, -0.2) is 4.79 Å². The number of allylic oxidation sites excluding steroid dienone is 1. The molecule has 1 amide bonds. The van der Waals surface area contributed by atoms with Crippen LogP contribution in [0.4, 0.5) is 4.79 Å². The Morgan fingerprint density at radius 2 is 1.62 bits per heavy atom. The first-order chi connectivity index (χ1) is 18.4. The number of ketones is 1. The standard InChI is InChI=1S/C33H53NO4Si/c1-23(2)39(24(3)4,25(5)6)31-22-34(27(17-14-20-35)21-29(31)36)32(37)38-30-19-13-12-18-28(30)33(7,8)26-15-10-9-11-16-26/h9-11,15-16,22-25,27-28,30,35H,12-14,17-21H2,1-8H3/t27-,28-,30-/m1/s1. The summed E-state index contributed by atoms with van der Waals surface area (Å²) in [5.74, 6) is 0.407. The highest BCUT2D eigenvalue weighted by Gasteiger charge is 2.51. The highest BCUT2D eigenvalue weighted by molar-refractivity contribution is 6.93. The minimum absolute atomic E-state index is 0.0444. The molecule has 0 aromatic heterocycles. The zero-order valence-electron chi connectivity index (χ0n) is 25.7. The van der Waals surface area contributed by atoms with E-state index in [1.807, 2.05) is 12.3 Å². The molecule has 1 aliphatic heterocycles. The number of benzene rings is 1. The molecule has 1 saturated carbocycles. The SMILES string of the molecule is CC(C)[Si](C1=CN(C(=O)O[C@@H]2CCCC[C@H]2C(C)(C)c2ccccc2)[C@H](CCCO)CC1=O)(C(C)C)C(C)C. The number of hydrogen-bond donors (Lipinski definition) is 1. The van der Waals surface area contributed by atoms with Crippen LogP contribution in [0, 0.1) is 5.92 Å². The minimum Gasteiger partial charge on any atom is -0.446 e. The molecular formula is C33H53NO4Si. The van der Waals surface area contributed by atoms with E-state index in [-0.39, 0.29) is 42.0 Å². The summed E-state index contributed by atoms with van der Waals surface area (Å²) in [5, 5.41) is 10.4. The predicted octanol–water partition coefficient (Wildman–Crippen LogP) is 8.18. The lowest BCUT2D eigenvalue weighted by Crippen LogP contribution is -2.54. The van der Waals surface area contributed by atoms with E-state index in [4.69, 9.17) is 4.74 Å². The number of Topliss-reactive ketones (excluding diaryl/α,β-unsaturated/α-hetero) is 1. The molecule has 5 nitrogen and oxygen atoms in total. The smallest absolute Gasteiger partial charge is 0.414 e. The summed E-state index contributed by atoms with van der Waals surface area (Å²) in [6.45, 7) is 18.1. The number of ether oxygens (including phenoxy) is 1. The Morgan fingerprint density at radius 3 is 2.18 bits per heavy atom. The molecular weight excluding hydrogens is 502 g/mol. The van der Waals surface area contributed by atoms with E-state index in [9.17, 15) is 14.7 Å². The predicted molar refractivity (Wildman–Crippen MR) is 162 cm³/mol. The zero-order chi connectivity index (χ0) is 29.0. The van der Waals surface area contributed by atoms with E-state index in [1.165, 1.54) is 5.56 Å². The second kappa shape index (κ2) is 13.2. The van der Waals surface area contributed by atoms with Gasteiger partial charge in [0.1, 0.15) is 14.2 Å². The normalized spacial score (nSPS) is 23.0. The fourth-order valence-corrected chi connectivity index (χ4v) is 14.9. The van der Waals surface area contributed by atoms with Crippen molar-refractivity contribution in [2.24, 2.45) is 5.92 Å². The van der Waals surface area contributed by atoms with Crippen LogP contribution >= 0.6 is 0 Å². The number of carbonyl (C=O) groups is 2. The Bertz CT molecular complexity index is 978. The van der Waals surface area contributed by atoms with Gasteiger partial charge < -0.3 is 9.84 Å². The number of carbonyl (C=O) groups excluding carboxylic acids is 2. The third-order valence-corrected chi connectivity index (χ3v) is 17.1. The monoisotopic (exact) mass is 555 g/mol. The van der Waals surface area contributed by atoms with Crippen molar-refractivity contribution in [2.45, 2.75) is 135 Å². The maximum atomic E-state index is 14.0. The van der Waals surface area contributed by atoms with Crippen LogP contribution in [0.15, 0.2) is 41.7 Å². The maximum absolute atomic E-state index is 14.0. The Kier molecular flexibility index (Phi) is 10.7. The molecule has 1 heterocycles. The van der Waals surface area contributed by atoms with Gasteiger partial charge in [0.15, 0.2) is 5.78 Å². The van der Waals surface area contributed by atoms with Crippen LogP contribution in [0.5, 0.6) is 0 Å². The molecule has 6 heteroatoms. The third-order valence-electron chi connectivity index (χ3n) is 10.0. The molecule has 1 aromatic rings. The molecule has 3 atom stereocenters. The Morgan fingerprint density at radius 1 is 1.03 bits per heavy atom. The average molecular weight is 556 g/mol. The first-order valence-corrected chi connectivity index (χ1v) is 17.5. The van der Waals surface area contributed by atoms with Crippen LogP contribution in [0.3, 0.4) is 0 Å². The molecule has 39 heavy (non-hydrogen) atoms. The van der Waals surface area contributed by atoms with Crippen molar-refractivity contribution in [3.05, 3.63) is 47.3 Å². The molecule has 1 aliphatic carbocycles. The van der Waals surface area contributed by atoms with E-state index in [2.05, 4.69) is 79.7 Å². The summed E-state index contributed by atoms with van der Waals surface area (Å²) in [4.78, 5) is 29.5. The van der Waals surface area contributed by atoms with Gasteiger partial charge in [0.25, 0.3) is 0 Å². The van der Waals surface area contributed by atoms with Gasteiger partial charge in [-0.2, -0.15) is 0 Å². The molecule has 0 bridgehead atoms. The van der Waals surface area contributed by atoms with Crippen molar-refractivity contribution in [3.8, 4) is 0 Å². The van der Waals surface area contributed by atoms with Crippen LogP contribution in [0.2, 0.25) is 16.6 Å². The van der Waals surface area contributed by atoms with E-state index in [0.29, 0.717) is 35.9 Å². The summed E-state index contributed by atoms with van der Waals surface area (Å²) in [5.41, 5.74) is 2.25. The zero-order valence-corrected chi connectivity index (χ0v) is 26.7. The van der Waals surface area contributed by atoms with E-state index in [1.54, 1.807) is 4.90 Å². The van der Waals surface area contributed by atoms with Crippen LogP contribution in [0.25, 0.3) is 0 Å². The summed E-state index contributed by atoms with van der Waals surface area (Å²) >= 11 is 0. The van der Waals surface area contributed by atoms with Gasteiger partial charge in [-0.05, 0) is 64.9 Å². The number of aliphatic hydroxyl groups is 1. The highest BCUT2D eigenvalue weighted by atomic mass is 28.3. The van der Waals surface area contributed by atoms with Gasteiger partial charge in [0.05, 0.1) is 0 Å². The Labute approximate surface area is 238 Å².